The summed E-state index contributed by atoms with van der Waals surface area (Å²) in [6.07, 6.45) is 3.21. The summed E-state index contributed by atoms with van der Waals surface area (Å²) in [7, 11) is 1.54. The molecule has 0 radical (unpaired) electrons. The largest absolute Gasteiger partial charge is 0.493 e. The van der Waals surface area contributed by atoms with Gasteiger partial charge in [0.2, 0.25) is 6.20 Å². The van der Waals surface area contributed by atoms with E-state index in [0.29, 0.717) is 23.7 Å². The van der Waals surface area contributed by atoms with Gasteiger partial charge in [-0.1, -0.05) is 13.0 Å². The fourth-order valence-electron chi connectivity index (χ4n) is 1.27. The number of benzene rings is 1. The highest BCUT2D eigenvalue weighted by molar-refractivity contribution is 5.55. The minimum absolute atomic E-state index is 0.506. The molecule has 1 rings (SSSR count). The van der Waals surface area contributed by atoms with E-state index in [0.717, 1.165) is 12.6 Å². The number of hydrogen-bond acceptors (Lipinski definition) is 4. The van der Waals surface area contributed by atoms with Crippen LogP contribution in [-0.2, 0) is 0 Å². The quantitative estimate of drug-likeness (QED) is 0.563. The Hall–Kier alpha value is -2.04. The molecule has 0 aliphatic carbocycles. The van der Waals surface area contributed by atoms with E-state index in [2.05, 4.69) is 0 Å². The number of nitro groups is 1. The van der Waals surface area contributed by atoms with Crippen LogP contribution < -0.4 is 9.47 Å². The third kappa shape index (κ3) is 4.14. The molecule has 0 aliphatic heterocycles. The number of methoxy groups -OCH3 is 1. The van der Waals surface area contributed by atoms with Crippen molar-refractivity contribution in [3.8, 4) is 11.5 Å². The lowest BCUT2D eigenvalue weighted by Gasteiger charge is -2.10. The van der Waals surface area contributed by atoms with Crippen molar-refractivity contribution in [3.63, 3.8) is 0 Å². The third-order valence-electron chi connectivity index (χ3n) is 2.04. The van der Waals surface area contributed by atoms with E-state index >= 15 is 0 Å². The zero-order valence-corrected chi connectivity index (χ0v) is 9.88. The van der Waals surface area contributed by atoms with E-state index in [1.54, 1.807) is 18.2 Å². The molecule has 92 valence electrons. The molecule has 0 unspecified atom stereocenters. The Bertz CT molecular complexity index is 415. The molecule has 0 amide bonds. The second kappa shape index (κ2) is 6.52. The average Bonchev–Trinajstić information content (AvgIpc) is 2.34. The predicted octanol–water partition coefficient (Wildman–Crippen LogP) is 2.73. The SMILES string of the molecule is CCCOc1ccc(/C=C/[N+](=O)[O-])cc1OC. The summed E-state index contributed by atoms with van der Waals surface area (Å²) in [4.78, 5) is 9.69. The van der Waals surface area contributed by atoms with E-state index in [9.17, 15) is 10.1 Å². The highest BCUT2D eigenvalue weighted by Gasteiger charge is 2.04. The molecule has 0 bridgehead atoms. The lowest BCUT2D eigenvalue weighted by molar-refractivity contribution is -0.400. The number of hydrogen-bond donors (Lipinski definition) is 0. The molecular formula is C12H15NO4. The molecule has 0 fully saturated rings. The highest BCUT2D eigenvalue weighted by Crippen LogP contribution is 2.28. The summed E-state index contributed by atoms with van der Waals surface area (Å²) < 4.78 is 10.6. The summed E-state index contributed by atoms with van der Waals surface area (Å²) in [5.41, 5.74) is 0.697. The van der Waals surface area contributed by atoms with Crippen LogP contribution in [0.25, 0.3) is 6.08 Å². The summed E-state index contributed by atoms with van der Waals surface area (Å²) in [6.45, 7) is 2.63. The Morgan fingerprint density at radius 1 is 1.41 bits per heavy atom. The first-order chi connectivity index (χ1) is 8.17. The molecule has 5 heteroatoms. The first-order valence-corrected chi connectivity index (χ1v) is 5.30. The highest BCUT2D eigenvalue weighted by atomic mass is 16.6. The maximum Gasteiger partial charge on any atom is 0.235 e. The molecule has 0 aromatic heterocycles. The van der Waals surface area contributed by atoms with Gasteiger partial charge in [-0.2, -0.15) is 0 Å². The zero-order chi connectivity index (χ0) is 12.7. The molecule has 0 saturated carbocycles. The van der Waals surface area contributed by atoms with E-state index in [1.165, 1.54) is 13.2 Å². The van der Waals surface area contributed by atoms with Crippen molar-refractivity contribution in [2.75, 3.05) is 13.7 Å². The van der Waals surface area contributed by atoms with Gasteiger partial charge in [-0.25, -0.2) is 0 Å². The Labute approximate surface area is 99.8 Å². The van der Waals surface area contributed by atoms with Crippen LogP contribution in [0.1, 0.15) is 18.9 Å². The van der Waals surface area contributed by atoms with Crippen LogP contribution in [0.3, 0.4) is 0 Å². The lowest BCUT2D eigenvalue weighted by Crippen LogP contribution is -1.97. The molecule has 1 aromatic rings. The van der Waals surface area contributed by atoms with Crippen molar-refractivity contribution in [1.29, 1.82) is 0 Å². The van der Waals surface area contributed by atoms with Crippen LogP contribution in [0.4, 0.5) is 0 Å². The molecule has 0 spiro atoms. The van der Waals surface area contributed by atoms with Crippen LogP contribution >= 0.6 is 0 Å². The van der Waals surface area contributed by atoms with Gasteiger partial charge in [-0.05, 0) is 24.1 Å². The van der Waals surface area contributed by atoms with Gasteiger partial charge < -0.3 is 9.47 Å². The molecule has 0 atom stereocenters. The minimum Gasteiger partial charge on any atom is -0.493 e. The van der Waals surface area contributed by atoms with Crippen LogP contribution in [0.5, 0.6) is 11.5 Å². The van der Waals surface area contributed by atoms with E-state index in [4.69, 9.17) is 9.47 Å². The summed E-state index contributed by atoms with van der Waals surface area (Å²) >= 11 is 0. The maximum absolute atomic E-state index is 10.2. The number of nitrogens with zero attached hydrogens (tertiary/aromatic N) is 1. The Morgan fingerprint density at radius 3 is 2.76 bits per heavy atom. The second-order valence-electron chi connectivity index (χ2n) is 3.36. The smallest absolute Gasteiger partial charge is 0.235 e. The van der Waals surface area contributed by atoms with Gasteiger partial charge in [0.15, 0.2) is 11.5 Å². The first-order valence-electron chi connectivity index (χ1n) is 5.30. The topological polar surface area (TPSA) is 61.6 Å². The van der Waals surface area contributed by atoms with Crippen molar-refractivity contribution in [3.05, 3.63) is 40.1 Å². The van der Waals surface area contributed by atoms with Crippen molar-refractivity contribution in [1.82, 2.24) is 0 Å². The lowest BCUT2D eigenvalue weighted by atomic mass is 10.2. The van der Waals surface area contributed by atoms with Crippen LogP contribution in [0.15, 0.2) is 24.4 Å². The Morgan fingerprint density at radius 2 is 2.18 bits per heavy atom. The summed E-state index contributed by atoms with van der Waals surface area (Å²) in [6, 6.07) is 5.19. The average molecular weight is 237 g/mol. The standard InChI is InChI=1S/C12H15NO4/c1-3-8-17-11-5-4-10(6-7-13(14)15)9-12(11)16-2/h4-7,9H,3,8H2,1-2H3/b7-6+. The van der Waals surface area contributed by atoms with Gasteiger partial charge in [-0.15, -0.1) is 0 Å². The van der Waals surface area contributed by atoms with Gasteiger partial charge in [0.05, 0.1) is 18.6 Å². The normalized spacial score (nSPS) is 10.5. The Balaban J connectivity index is 2.87. The molecular weight excluding hydrogens is 222 g/mol. The fraction of sp³-hybridized carbons (Fsp3) is 0.333. The molecule has 5 nitrogen and oxygen atoms in total. The summed E-state index contributed by atoms with van der Waals surface area (Å²) in [5, 5.41) is 10.2. The predicted molar refractivity (Wildman–Crippen MR) is 64.8 cm³/mol. The van der Waals surface area contributed by atoms with Crippen LogP contribution in [0, 0.1) is 10.1 Å². The van der Waals surface area contributed by atoms with Crippen LogP contribution in [-0.4, -0.2) is 18.6 Å². The minimum atomic E-state index is -0.506. The zero-order valence-electron chi connectivity index (χ0n) is 9.88. The van der Waals surface area contributed by atoms with E-state index in [1.807, 2.05) is 6.92 Å². The van der Waals surface area contributed by atoms with E-state index in [-0.39, 0.29) is 0 Å². The molecule has 17 heavy (non-hydrogen) atoms. The number of rotatable bonds is 6. The molecule has 0 aliphatic rings. The Kier molecular flexibility index (Phi) is 5.00. The van der Waals surface area contributed by atoms with Gasteiger partial charge in [0, 0.05) is 6.08 Å². The number of ether oxygens (including phenoxy) is 2. The molecule has 0 heterocycles. The first kappa shape index (κ1) is 13.0. The van der Waals surface area contributed by atoms with Gasteiger partial charge in [0.1, 0.15) is 0 Å². The van der Waals surface area contributed by atoms with E-state index < -0.39 is 4.92 Å². The van der Waals surface area contributed by atoms with Gasteiger partial charge in [-0.3, -0.25) is 10.1 Å². The summed E-state index contributed by atoms with van der Waals surface area (Å²) in [5.74, 6) is 1.22. The van der Waals surface area contributed by atoms with Crippen LogP contribution in [0.2, 0.25) is 0 Å². The molecule has 1 aromatic carbocycles. The van der Waals surface area contributed by atoms with Crippen molar-refractivity contribution < 1.29 is 14.4 Å². The third-order valence-corrected chi connectivity index (χ3v) is 2.04. The van der Waals surface area contributed by atoms with Gasteiger partial charge >= 0.3 is 0 Å². The molecule has 0 saturated heterocycles. The van der Waals surface area contributed by atoms with Gasteiger partial charge in [0.25, 0.3) is 0 Å². The van der Waals surface area contributed by atoms with Crippen molar-refractivity contribution >= 4 is 6.08 Å². The maximum atomic E-state index is 10.2. The second-order valence-corrected chi connectivity index (χ2v) is 3.36. The molecule has 0 N–H and O–H groups in total. The van der Waals surface area contributed by atoms with Crippen molar-refractivity contribution in [2.24, 2.45) is 0 Å². The van der Waals surface area contributed by atoms with Crippen molar-refractivity contribution in [2.45, 2.75) is 13.3 Å². The monoisotopic (exact) mass is 237 g/mol. The fourth-order valence-corrected chi connectivity index (χ4v) is 1.27.